The Kier molecular flexibility index (Phi) is 16.8. The van der Waals surface area contributed by atoms with Crippen molar-refractivity contribution in [2.75, 3.05) is 12.3 Å². The first-order valence-corrected chi connectivity index (χ1v) is 3.54. The standard InChI is InChI=1S/C4H11P.Na/c1-3-5-4-2;/h5H,3-4H2,1-2H3;. The molecule has 0 spiro atoms. The number of hydrogen-bond acceptors (Lipinski definition) is 0. The first-order chi connectivity index (χ1) is 2.41. The van der Waals surface area contributed by atoms with E-state index in [1.54, 1.807) is 0 Å². The molecule has 0 N–H and O–H groups in total. The molecule has 0 rings (SSSR count). The molecule has 0 aromatic rings. The molecule has 0 fully saturated rings. The maximum atomic E-state index is 2.22. The van der Waals surface area contributed by atoms with Crippen LogP contribution in [-0.2, 0) is 0 Å². The molecule has 0 nitrogen and oxygen atoms in total. The smallest absolute Gasteiger partial charge is 0 e. The summed E-state index contributed by atoms with van der Waals surface area (Å²) in [6, 6.07) is 0. The van der Waals surface area contributed by atoms with Crippen molar-refractivity contribution < 1.29 is 0 Å². The SMILES string of the molecule is CCPCC.[Na]. The van der Waals surface area contributed by atoms with Gasteiger partial charge in [-0.25, -0.2) is 0 Å². The van der Waals surface area contributed by atoms with Crippen molar-refractivity contribution in [3.63, 3.8) is 0 Å². The molecule has 0 aliphatic heterocycles. The Labute approximate surface area is 64.2 Å². The van der Waals surface area contributed by atoms with E-state index in [1.165, 1.54) is 20.9 Å². The van der Waals surface area contributed by atoms with Crippen molar-refractivity contribution >= 4 is 38.1 Å². The third kappa shape index (κ3) is 9.06. The summed E-state index contributed by atoms with van der Waals surface area (Å²) in [6.07, 6.45) is 2.74. The Balaban J connectivity index is 0. The second-order valence-electron chi connectivity index (χ2n) is 0.957. The topological polar surface area (TPSA) is 0 Å². The third-order valence-corrected chi connectivity index (χ3v) is 1.50. The predicted octanol–water partition coefficient (Wildman–Crippen LogP) is 1.32. The van der Waals surface area contributed by atoms with E-state index in [0.29, 0.717) is 0 Å². The van der Waals surface area contributed by atoms with Gasteiger partial charge in [-0.05, 0) is 12.3 Å². The summed E-state index contributed by atoms with van der Waals surface area (Å²) in [5, 5.41) is 0. The summed E-state index contributed by atoms with van der Waals surface area (Å²) in [5.74, 6) is 0. The largest absolute Gasteiger partial charge is 0.123 e. The fraction of sp³-hybridized carbons (Fsp3) is 1.00. The summed E-state index contributed by atoms with van der Waals surface area (Å²) >= 11 is 0. The molecule has 0 amide bonds. The summed E-state index contributed by atoms with van der Waals surface area (Å²) in [4.78, 5) is 0. The van der Waals surface area contributed by atoms with Crippen molar-refractivity contribution in [1.82, 2.24) is 0 Å². The van der Waals surface area contributed by atoms with Gasteiger partial charge in [0, 0.05) is 29.6 Å². The minimum absolute atomic E-state index is 0. The molecule has 6 heavy (non-hydrogen) atoms. The van der Waals surface area contributed by atoms with Gasteiger partial charge in [0.1, 0.15) is 0 Å². The van der Waals surface area contributed by atoms with E-state index in [0.717, 1.165) is 0 Å². The first kappa shape index (κ1) is 10.4. The van der Waals surface area contributed by atoms with E-state index in [1.807, 2.05) is 0 Å². The van der Waals surface area contributed by atoms with E-state index >= 15 is 0 Å². The van der Waals surface area contributed by atoms with Crippen molar-refractivity contribution in [1.29, 1.82) is 0 Å². The zero-order chi connectivity index (χ0) is 4.12. The van der Waals surface area contributed by atoms with Gasteiger partial charge in [0.15, 0.2) is 0 Å². The van der Waals surface area contributed by atoms with Crippen LogP contribution in [0.3, 0.4) is 0 Å². The van der Waals surface area contributed by atoms with Crippen LogP contribution in [0, 0.1) is 0 Å². The quantitative estimate of drug-likeness (QED) is 0.374. The summed E-state index contributed by atoms with van der Waals surface area (Å²) in [6.45, 7) is 4.45. The molecule has 0 aliphatic carbocycles. The van der Waals surface area contributed by atoms with Crippen LogP contribution < -0.4 is 0 Å². The zero-order valence-corrected chi connectivity index (χ0v) is 7.91. The van der Waals surface area contributed by atoms with Crippen LogP contribution in [-0.4, -0.2) is 41.9 Å². The van der Waals surface area contributed by atoms with Gasteiger partial charge in [0.05, 0.1) is 0 Å². The van der Waals surface area contributed by atoms with Crippen molar-refractivity contribution in [3.8, 4) is 0 Å². The van der Waals surface area contributed by atoms with Gasteiger partial charge in [-0.3, -0.25) is 0 Å². The Morgan fingerprint density at radius 2 is 1.50 bits per heavy atom. The van der Waals surface area contributed by atoms with E-state index in [9.17, 15) is 0 Å². The minimum Gasteiger partial charge on any atom is -0.123 e. The van der Waals surface area contributed by atoms with E-state index < -0.39 is 0 Å². The van der Waals surface area contributed by atoms with Gasteiger partial charge in [-0.1, -0.05) is 13.8 Å². The molecule has 0 bridgehead atoms. The normalized spacial score (nSPS) is 7.00. The molecule has 0 atom stereocenters. The Morgan fingerprint density at radius 1 is 1.17 bits per heavy atom. The van der Waals surface area contributed by atoms with E-state index in [4.69, 9.17) is 0 Å². The summed E-state index contributed by atoms with van der Waals surface area (Å²) in [5.41, 5.74) is 0. The minimum atomic E-state index is 0. The van der Waals surface area contributed by atoms with Gasteiger partial charge in [-0.2, -0.15) is 0 Å². The van der Waals surface area contributed by atoms with Crippen LogP contribution >= 0.6 is 8.58 Å². The maximum absolute atomic E-state index is 2.22. The average Bonchev–Trinajstić information content (AvgIpc) is 1.41. The fourth-order valence-electron chi connectivity index (χ4n) is 0.250. The molecule has 0 aromatic heterocycles. The van der Waals surface area contributed by atoms with Crippen molar-refractivity contribution in [2.45, 2.75) is 13.8 Å². The number of rotatable bonds is 2. The third-order valence-electron chi connectivity index (χ3n) is 0.500. The van der Waals surface area contributed by atoms with Crippen molar-refractivity contribution in [3.05, 3.63) is 0 Å². The molecular weight excluding hydrogens is 102 g/mol. The molecule has 0 saturated heterocycles. The maximum Gasteiger partial charge on any atom is 0 e. The molecule has 33 valence electrons. The van der Waals surface area contributed by atoms with Crippen LogP contribution in [0.5, 0.6) is 0 Å². The first-order valence-electron chi connectivity index (χ1n) is 2.12. The van der Waals surface area contributed by atoms with Gasteiger partial charge >= 0.3 is 0 Å². The molecular formula is C4H11NaP. The van der Waals surface area contributed by atoms with E-state index in [-0.39, 0.29) is 29.6 Å². The molecule has 0 saturated carbocycles. The van der Waals surface area contributed by atoms with E-state index in [2.05, 4.69) is 13.8 Å². The van der Waals surface area contributed by atoms with Crippen LogP contribution in [0.15, 0.2) is 0 Å². The van der Waals surface area contributed by atoms with Gasteiger partial charge < -0.3 is 0 Å². The van der Waals surface area contributed by atoms with Crippen LogP contribution in [0.1, 0.15) is 13.8 Å². The Morgan fingerprint density at radius 3 is 1.50 bits per heavy atom. The Bertz CT molecular complexity index is 15.0. The molecule has 1 radical (unpaired) electrons. The van der Waals surface area contributed by atoms with Crippen molar-refractivity contribution in [2.24, 2.45) is 0 Å². The fourth-order valence-corrected chi connectivity index (χ4v) is 0.750. The second kappa shape index (κ2) is 9.66. The molecule has 0 aromatic carbocycles. The molecule has 0 unspecified atom stereocenters. The molecule has 0 aliphatic rings. The molecule has 0 heterocycles. The summed E-state index contributed by atoms with van der Waals surface area (Å²) in [7, 11) is 1.20. The Hall–Kier alpha value is 1.43. The van der Waals surface area contributed by atoms with Gasteiger partial charge in [0.2, 0.25) is 0 Å². The zero-order valence-electron chi connectivity index (χ0n) is 4.91. The van der Waals surface area contributed by atoms with Crippen LogP contribution in [0.2, 0.25) is 0 Å². The average molecular weight is 113 g/mol. The van der Waals surface area contributed by atoms with Gasteiger partial charge in [0.25, 0.3) is 0 Å². The predicted molar refractivity (Wildman–Crippen MR) is 35.2 cm³/mol. The summed E-state index contributed by atoms with van der Waals surface area (Å²) < 4.78 is 0. The van der Waals surface area contributed by atoms with Gasteiger partial charge in [-0.15, -0.1) is 8.58 Å². The second-order valence-corrected chi connectivity index (χ2v) is 2.87. The van der Waals surface area contributed by atoms with Crippen LogP contribution in [0.25, 0.3) is 0 Å². The van der Waals surface area contributed by atoms with Crippen LogP contribution in [0.4, 0.5) is 0 Å². The monoisotopic (exact) mass is 113 g/mol. The number of hydrogen-bond donors (Lipinski definition) is 0. The molecule has 2 heteroatoms.